The van der Waals surface area contributed by atoms with E-state index in [-0.39, 0.29) is 5.69 Å². The third-order valence-corrected chi connectivity index (χ3v) is 4.60. The molecule has 1 fully saturated rings. The van der Waals surface area contributed by atoms with Gasteiger partial charge in [0.05, 0.1) is 11.0 Å². The summed E-state index contributed by atoms with van der Waals surface area (Å²) >= 11 is 1.42. The van der Waals surface area contributed by atoms with Crippen molar-refractivity contribution in [1.82, 2.24) is 14.8 Å². The monoisotopic (exact) mass is 320 g/mol. The van der Waals surface area contributed by atoms with Gasteiger partial charge in [-0.1, -0.05) is 23.9 Å². The van der Waals surface area contributed by atoms with Crippen LogP contribution in [0.15, 0.2) is 29.4 Å². The van der Waals surface area contributed by atoms with Gasteiger partial charge in [0.15, 0.2) is 5.16 Å². The maximum absolute atomic E-state index is 10.8. The van der Waals surface area contributed by atoms with E-state index < -0.39 is 11.0 Å². The Morgan fingerprint density at radius 2 is 2.27 bits per heavy atom. The van der Waals surface area contributed by atoms with Gasteiger partial charge in [-0.25, -0.2) is 0 Å². The second-order valence-corrected chi connectivity index (χ2v) is 6.30. The summed E-state index contributed by atoms with van der Waals surface area (Å²) in [5, 5.41) is 30.0. The van der Waals surface area contributed by atoms with Gasteiger partial charge in [-0.3, -0.25) is 10.1 Å². The number of aliphatic hydroxyl groups excluding tert-OH is 1. The van der Waals surface area contributed by atoms with Gasteiger partial charge in [-0.15, -0.1) is 10.2 Å². The molecule has 1 aliphatic rings. The lowest BCUT2D eigenvalue weighted by Crippen LogP contribution is -2.04. The van der Waals surface area contributed by atoms with Crippen LogP contribution in [0.1, 0.15) is 36.4 Å². The number of non-ortho nitro benzene ring substituents is 1. The van der Waals surface area contributed by atoms with E-state index in [0.717, 1.165) is 23.8 Å². The van der Waals surface area contributed by atoms with E-state index in [0.29, 0.717) is 17.4 Å². The number of aliphatic hydroxyl groups is 1. The molecule has 1 aromatic heterocycles. The minimum Gasteiger partial charge on any atom is -0.388 e. The molecule has 1 atom stereocenters. The van der Waals surface area contributed by atoms with E-state index in [9.17, 15) is 15.2 Å². The molecule has 0 bridgehead atoms. The zero-order valence-corrected chi connectivity index (χ0v) is 12.9. The average molecular weight is 320 g/mol. The van der Waals surface area contributed by atoms with Gasteiger partial charge in [0.1, 0.15) is 5.82 Å². The van der Waals surface area contributed by atoms with Gasteiger partial charge in [-0.2, -0.15) is 0 Å². The van der Waals surface area contributed by atoms with Gasteiger partial charge in [0.25, 0.3) is 5.69 Å². The fraction of sp³-hybridized carbons (Fsp3) is 0.429. The van der Waals surface area contributed by atoms with Crippen molar-refractivity contribution in [2.24, 2.45) is 0 Å². The first kappa shape index (κ1) is 15.0. The van der Waals surface area contributed by atoms with Gasteiger partial charge >= 0.3 is 0 Å². The third-order valence-electron chi connectivity index (χ3n) is 3.58. The van der Waals surface area contributed by atoms with E-state index in [1.54, 1.807) is 12.1 Å². The number of benzene rings is 1. The van der Waals surface area contributed by atoms with Crippen LogP contribution < -0.4 is 0 Å². The molecule has 116 valence electrons. The zero-order chi connectivity index (χ0) is 15.7. The number of nitrogens with zero attached hydrogens (tertiary/aromatic N) is 4. The Morgan fingerprint density at radius 3 is 2.95 bits per heavy atom. The number of aryl methyl sites for hydroxylation is 1. The van der Waals surface area contributed by atoms with Crippen LogP contribution in [0.4, 0.5) is 5.69 Å². The molecule has 0 aliphatic heterocycles. The summed E-state index contributed by atoms with van der Waals surface area (Å²) in [6.45, 7) is 1.92. The number of nitro groups is 1. The molecule has 0 radical (unpaired) electrons. The second-order valence-electron chi connectivity index (χ2n) is 5.31. The summed E-state index contributed by atoms with van der Waals surface area (Å²) in [5.74, 6) is 1.27. The molecule has 2 aromatic rings. The number of nitro benzene ring substituents is 1. The normalized spacial score (nSPS) is 15.7. The molecule has 3 rings (SSSR count). The molecular formula is C14H16N4O3S. The molecule has 1 heterocycles. The highest BCUT2D eigenvalue weighted by Crippen LogP contribution is 2.39. The maximum Gasteiger partial charge on any atom is 0.269 e. The van der Waals surface area contributed by atoms with Crippen LogP contribution in [-0.4, -0.2) is 30.5 Å². The van der Waals surface area contributed by atoms with Crippen molar-refractivity contribution in [3.05, 3.63) is 45.8 Å². The second kappa shape index (κ2) is 6.05. The first-order valence-corrected chi connectivity index (χ1v) is 8.01. The van der Waals surface area contributed by atoms with E-state index >= 15 is 0 Å². The fourth-order valence-corrected chi connectivity index (χ4v) is 3.32. The SMILES string of the molecule is Cc1nnc(SC[C@H](O)c2cccc([N+](=O)[O-])c2)n1C1CC1. The van der Waals surface area contributed by atoms with Gasteiger partial charge in [0.2, 0.25) is 0 Å². The van der Waals surface area contributed by atoms with Gasteiger partial charge < -0.3 is 9.67 Å². The Balaban J connectivity index is 1.69. The molecule has 0 spiro atoms. The molecule has 1 aromatic carbocycles. The molecular weight excluding hydrogens is 304 g/mol. The van der Waals surface area contributed by atoms with Crippen molar-refractivity contribution in [3.63, 3.8) is 0 Å². The first-order valence-electron chi connectivity index (χ1n) is 7.03. The van der Waals surface area contributed by atoms with Crippen molar-refractivity contribution < 1.29 is 10.0 Å². The van der Waals surface area contributed by atoms with Crippen molar-refractivity contribution in [3.8, 4) is 0 Å². The molecule has 22 heavy (non-hydrogen) atoms. The topological polar surface area (TPSA) is 94.1 Å². The molecule has 1 saturated carbocycles. The van der Waals surface area contributed by atoms with Crippen LogP contribution in [0.2, 0.25) is 0 Å². The third kappa shape index (κ3) is 3.12. The molecule has 8 heteroatoms. The van der Waals surface area contributed by atoms with E-state index in [2.05, 4.69) is 14.8 Å². The highest BCUT2D eigenvalue weighted by atomic mass is 32.2. The van der Waals surface area contributed by atoms with Crippen LogP contribution in [0.25, 0.3) is 0 Å². The summed E-state index contributed by atoms with van der Waals surface area (Å²) in [7, 11) is 0. The lowest BCUT2D eigenvalue weighted by atomic mass is 10.1. The number of rotatable bonds is 6. The molecule has 7 nitrogen and oxygen atoms in total. The summed E-state index contributed by atoms with van der Waals surface area (Å²) in [6.07, 6.45) is 1.49. The smallest absolute Gasteiger partial charge is 0.269 e. The highest BCUT2D eigenvalue weighted by Gasteiger charge is 2.28. The maximum atomic E-state index is 10.8. The van der Waals surface area contributed by atoms with E-state index in [1.165, 1.54) is 23.9 Å². The Bertz CT molecular complexity index is 699. The van der Waals surface area contributed by atoms with Crippen molar-refractivity contribution in [2.45, 2.75) is 37.1 Å². The number of hydrogen-bond acceptors (Lipinski definition) is 6. The fourth-order valence-electron chi connectivity index (χ4n) is 2.30. The van der Waals surface area contributed by atoms with Crippen LogP contribution in [0.5, 0.6) is 0 Å². The number of hydrogen-bond donors (Lipinski definition) is 1. The number of aromatic nitrogens is 3. The Kier molecular flexibility index (Phi) is 4.12. The summed E-state index contributed by atoms with van der Waals surface area (Å²) in [6, 6.07) is 6.57. The van der Waals surface area contributed by atoms with Crippen LogP contribution >= 0.6 is 11.8 Å². The molecule has 0 unspecified atom stereocenters. The molecule has 0 amide bonds. The summed E-state index contributed by atoms with van der Waals surface area (Å²) < 4.78 is 2.10. The molecule has 1 N–H and O–H groups in total. The highest BCUT2D eigenvalue weighted by molar-refractivity contribution is 7.99. The van der Waals surface area contributed by atoms with Crippen molar-refractivity contribution >= 4 is 17.4 Å². The summed E-state index contributed by atoms with van der Waals surface area (Å²) in [5.41, 5.74) is 0.523. The first-order chi connectivity index (χ1) is 10.6. The Morgan fingerprint density at radius 1 is 1.50 bits per heavy atom. The molecule has 0 saturated heterocycles. The van der Waals surface area contributed by atoms with E-state index in [1.807, 2.05) is 6.92 Å². The lowest BCUT2D eigenvalue weighted by molar-refractivity contribution is -0.385. The van der Waals surface area contributed by atoms with Crippen molar-refractivity contribution in [2.75, 3.05) is 5.75 Å². The van der Waals surface area contributed by atoms with Crippen LogP contribution in [0.3, 0.4) is 0 Å². The minimum absolute atomic E-state index is 0.0152. The average Bonchev–Trinajstić information content (AvgIpc) is 3.28. The Hall–Kier alpha value is -1.93. The van der Waals surface area contributed by atoms with Crippen molar-refractivity contribution in [1.29, 1.82) is 0 Å². The number of thioether (sulfide) groups is 1. The zero-order valence-electron chi connectivity index (χ0n) is 12.0. The minimum atomic E-state index is -0.783. The van der Waals surface area contributed by atoms with Crippen LogP contribution in [-0.2, 0) is 0 Å². The molecule has 1 aliphatic carbocycles. The van der Waals surface area contributed by atoms with E-state index in [4.69, 9.17) is 0 Å². The van der Waals surface area contributed by atoms with Crippen LogP contribution in [0, 0.1) is 17.0 Å². The quantitative estimate of drug-likeness (QED) is 0.499. The lowest BCUT2D eigenvalue weighted by Gasteiger charge is -2.11. The Labute approximate surface area is 131 Å². The predicted octanol–water partition coefficient (Wildman–Crippen LogP) is 2.66. The predicted molar refractivity (Wildman–Crippen MR) is 81.8 cm³/mol. The standard InChI is InChI=1S/C14H16N4O3S/c1-9-15-16-14(17(9)11-5-6-11)22-8-13(19)10-3-2-4-12(7-10)18(20)21/h2-4,7,11,13,19H,5-6,8H2,1H3/t13-/m0/s1. The van der Waals surface area contributed by atoms with Gasteiger partial charge in [0, 0.05) is 23.9 Å². The summed E-state index contributed by atoms with van der Waals surface area (Å²) in [4.78, 5) is 10.3. The van der Waals surface area contributed by atoms with Gasteiger partial charge in [-0.05, 0) is 25.3 Å². The largest absolute Gasteiger partial charge is 0.388 e.